The van der Waals surface area contributed by atoms with Crippen LogP contribution in [0.25, 0.3) is 0 Å². The molecule has 1 heterocycles. The number of hydrogen-bond acceptors (Lipinski definition) is 2. The zero-order valence-electron chi connectivity index (χ0n) is 11.7. The van der Waals surface area contributed by atoms with E-state index in [-0.39, 0.29) is 11.3 Å². The summed E-state index contributed by atoms with van der Waals surface area (Å²) in [5.41, 5.74) is 3.07. The molecule has 0 unspecified atom stereocenters. The van der Waals surface area contributed by atoms with Gasteiger partial charge in [0.15, 0.2) is 0 Å². The van der Waals surface area contributed by atoms with Crippen molar-refractivity contribution in [2.45, 2.75) is 27.2 Å². The summed E-state index contributed by atoms with van der Waals surface area (Å²) in [4.78, 5) is 14.5. The third-order valence-corrected chi connectivity index (χ3v) is 3.64. The van der Waals surface area contributed by atoms with Crippen LogP contribution in [0.1, 0.15) is 36.2 Å². The van der Waals surface area contributed by atoms with Crippen molar-refractivity contribution in [2.24, 2.45) is 5.41 Å². The maximum absolute atomic E-state index is 12.6. The molecule has 0 aliphatic carbocycles. The fourth-order valence-electron chi connectivity index (χ4n) is 2.51. The fraction of sp³-hybridized carbons (Fsp3) is 0.533. The fourth-order valence-corrected chi connectivity index (χ4v) is 2.51. The number of amides is 1. The van der Waals surface area contributed by atoms with Gasteiger partial charge >= 0.3 is 0 Å². The predicted octanol–water partition coefficient (Wildman–Crippen LogP) is 2.91. The summed E-state index contributed by atoms with van der Waals surface area (Å²) in [6.07, 6.45) is 1.08. The van der Waals surface area contributed by atoms with Crippen molar-refractivity contribution in [3.05, 3.63) is 29.3 Å². The van der Waals surface area contributed by atoms with Crippen LogP contribution < -0.4 is 5.32 Å². The van der Waals surface area contributed by atoms with E-state index < -0.39 is 0 Å². The highest BCUT2D eigenvalue weighted by Crippen LogP contribution is 2.31. The zero-order chi connectivity index (χ0) is 13.3. The van der Waals surface area contributed by atoms with E-state index in [1.807, 2.05) is 37.1 Å². The van der Waals surface area contributed by atoms with E-state index in [2.05, 4.69) is 19.2 Å². The van der Waals surface area contributed by atoms with Gasteiger partial charge in [-0.15, -0.1) is 0 Å². The molecule has 1 aromatic rings. The zero-order valence-corrected chi connectivity index (χ0v) is 11.7. The molecule has 3 heteroatoms. The van der Waals surface area contributed by atoms with Crippen LogP contribution in [0.15, 0.2) is 18.2 Å². The lowest BCUT2D eigenvalue weighted by atomic mass is 9.93. The normalized spacial score (nSPS) is 17.9. The Morgan fingerprint density at radius 2 is 2.11 bits per heavy atom. The van der Waals surface area contributed by atoms with E-state index in [9.17, 15) is 4.79 Å². The van der Waals surface area contributed by atoms with Gasteiger partial charge in [-0.3, -0.25) is 4.79 Å². The van der Waals surface area contributed by atoms with Crippen LogP contribution in [0.3, 0.4) is 0 Å². The quantitative estimate of drug-likeness (QED) is 0.870. The third-order valence-electron chi connectivity index (χ3n) is 3.64. The van der Waals surface area contributed by atoms with Crippen molar-refractivity contribution < 1.29 is 4.79 Å². The molecule has 2 rings (SSSR count). The Labute approximate surface area is 109 Å². The van der Waals surface area contributed by atoms with E-state index in [1.165, 1.54) is 0 Å². The molecule has 1 aromatic carbocycles. The maximum atomic E-state index is 12.6. The highest BCUT2D eigenvalue weighted by molar-refractivity contribution is 6.00. The second-order valence-electron chi connectivity index (χ2n) is 5.94. The first-order valence-corrected chi connectivity index (χ1v) is 6.51. The van der Waals surface area contributed by atoms with Crippen LogP contribution in [0.4, 0.5) is 5.69 Å². The SMILES string of the molecule is CNc1ccc(C)cc1C(=O)N1CCC(C)(C)C1. The summed E-state index contributed by atoms with van der Waals surface area (Å²) in [6, 6.07) is 5.97. The highest BCUT2D eigenvalue weighted by Gasteiger charge is 2.33. The van der Waals surface area contributed by atoms with E-state index in [4.69, 9.17) is 0 Å². The molecule has 0 spiro atoms. The topological polar surface area (TPSA) is 32.3 Å². The van der Waals surface area contributed by atoms with Gasteiger partial charge in [-0.25, -0.2) is 0 Å². The van der Waals surface area contributed by atoms with Crippen molar-refractivity contribution in [1.29, 1.82) is 0 Å². The van der Waals surface area contributed by atoms with Crippen molar-refractivity contribution in [3.8, 4) is 0 Å². The lowest BCUT2D eigenvalue weighted by Crippen LogP contribution is -2.30. The molecule has 1 N–H and O–H groups in total. The van der Waals surface area contributed by atoms with E-state index >= 15 is 0 Å². The molecular weight excluding hydrogens is 224 g/mol. The highest BCUT2D eigenvalue weighted by atomic mass is 16.2. The Morgan fingerprint density at radius 1 is 1.39 bits per heavy atom. The van der Waals surface area contributed by atoms with Crippen LogP contribution >= 0.6 is 0 Å². The molecule has 0 saturated carbocycles. The first-order valence-electron chi connectivity index (χ1n) is 6.51. The van der Waals surface area contributed by atoms with Crippen LogP contribution in [0.2, 0.25) is 0 Å². The Bertz CT molecular complexity index is 466. The minimum atomic E-state index is 0.147. The summed E-state index contributed by atoms with van der Waals surface area (Å²) < 4.78 is 0. The number of carbonyl (C=O) groups excluding carboxylic acids is 1. The van der Waals surface area contributed by atoms with Gasteiger partial charge in [0.2, 0.25) is 0 Å². The third kappa shape index (κ3) is 2.50. The van der Waals surface area contributed by atoms with E-state index in [1.54, 1.807) is 0 Å². The Kier molecular flexibility index (Phi) is 3.33. The number of hydrogen-bond donors (Lipinski definition) is 1. The monoisotopic (exact) mass is 246 g/mol. The first-order chi connectivity index (χ1) is 8.43. The standard InChI is InChI=1S/C15H22N2O/c1-11-5-6-13(16-4)12(9-11)14(18)17-8-7-15(2,3)10-17/h5-6,9,16H,7-8,10H2,1-4H3. The largest absolute Gasteiger partial charge is 0.387 e. The van der Waals surface area contributed by atoms with Gasteiger partial charge in [-0.1, -0.05) is 25.5 Å². The molecule has 3 nitrogen and oxygen atoms in total. The van der Waals surface area contributed by atoms with Gasteiger partial charge in [0.1, 0.15) is 0 Å². The number of benzene rings is 1. The molecular formula is C15H22N2O. The molecule has 0 radical (unpaired) electrons. The second kappa shape index (κ2) is 4.63. The van der Waals surface area contributed by atoms with Crippen LogP contribution in [-0.4, -0.2) is 30.9 Å². The van der Waals surface area contributed by atoms with Gasteiger partial charge in [-0.2, -0.15) is 0 Å². The summed E-state index contributed by atoms with van der Waals surface area (Å²) in [6.45, 7) is 8.17. The van der Waals surface area contributed by atoms with Crippen LogP contribution in [-0.2, 0) is 0 Å². The smallest absolute Gasteiger partial charge is 0.255 e. The molecule has 1 amide bonds. The van der Waals surface area contributed by atoms with Crippen LogP contribution in [0, 0.1) is 12.3 Å². The number of rotatable bonds is 2. The molecule has 18 heavy (non-hydrogen) atoms. The van der Waals surface area contributed by atoms with E-state index in [0.29, 0.717) is 0 Å². The maximum Gasteiger partial charge on any atom is 0.255 e. The van der Waals surface area contributed by atoms with Gasteiger partial charge in [0, 0.05) is 25.8 Å². The lowest BCUT2D eigenvalue weighted by molar-refractivity contribution is 0.0779. The van der Waals surface area contributed by atoms with Gasteiger partial charge in [0.05, 0.1) is 5.56 Å². The number of aryl methyl sites for hydroxylation is 1. The minimum absolute atomic E-state index is 0.147. The number of carbonyl (C=O) groups is 1. The van der Waals surface area contributed by atoms with Gasteiger partial charge in [0.25, 0.3) is 5.91 Å². The summed E-state index contributed by atoms with van der Waals surface area (Å²) in [5, 5.41) is 3.10. The van der Waals surface area contributed by atoms with E-state index in [0.717, 1.165) is 36.3 Å². The second-order valence-corrected chi connectivity index (χ2v) is 5.94. The van der Waals surface area contributed by atoms with Crippen LogP contribution in [0.5, 0.6) is 0 Å². The van der Waals surface area contributed by atoms with Crippen molar-refractivity contribution in [1.82, 2.24) is 4.90 Å². The average Bonchev–Trinajstić information content (AvgIpc) is 2.68. The number of anilines is 1. The Hall–Kier alpha value is -1.51. The van der Waals surface area contributed by atoms with Crippen molar-refractivity contribution >= 4 is 11.6 Å². The number of nitrogens with zero attached hydrogens (tertiary/aromatic N) is 1. The molecule has 0 atom stereocenters. The summed E-state index contributed by atoms with van der Waals surface area (Å²) in [7, 11) is 1.86. The van der Waals surface area contributed by atoms with Gasteiger partial charge in [-0.05, 0) is 30.9 Å². The first kappa shape index (κ1) is 12.9. The molecule has 1 aliphatic rings. The average molecular weight is 246 g/mol. The summed E-state index contributed by atoms with van der Waals surface area (Å²) >= 11 is 0. The molecule has 1 fully saturated rings. The van der Waals surface area contributed by atoms with Crippen molar-refractivity contribution in [3.63, 3.8) is 0 Å². The molecule has 98 valence electrons. The van der Waals surface area contributed by atoms with Gasteiger partial charge < -0.3 is 10.2 Å². The Morgan fingerprint density at radius 3 is 2.67 bits per heavy atom. The molecule has 1 saturated heterocycles. The number of nitrogens with one attached hydrogen (secondary N) is 1. The van der Waals surface area contributed by atoms with Crippen molar-refractivity contribution in [2.75, 3.05) is 25.5 Å². The minimum Gasteiger partial charge on any atom is -0.387 e. The lowest BCUT2D eigenvalue weighted by Gasteiger charge is -2.21. The summed E-state index contributed by atoms with van der Waals surface area (Å²) in [5.74, 6) is 0.147. The predicted molar refractivity (Wildman–Crippen MR) is 75.0 cm³/mol. The number of likely N-dealkylation sites (tertiary alicyclic amines) is 1. The Balaban J connectivity index is 2.26. The molecule has 0 bridgehead atoms. The molecule has 0 aromatic heterocycles. The molecule has 1 aliphatic heterocycles.